The van der Waals surface area contributed by atoms with Gasteiger partial charge in [-0.3, -0.25) is 0 Å². The summed E-state index contributed by atoms with van der Waals surface area (Å²) in [4.78, 5) is 0. The zero-order valence-corrected chi connectivity index (χ0v) is 5.13. The van der Waals surface area contributed by atoms with Crippen LogP contribution >= 0.6 is 0 Å². The highest BCUT2D eigenvalue weighted by Crippen LogP contribution is 1.86. The summed E-state index contributed by atoms with van der Waals surface area (Å²) in [5.41, 5.74) is 0. The van der Waals surface area contributed by atoms with E-state index >= 15 is 0 Å². The van der Waals surface area contributed by atoms with Gasteiger partial charge in [0.15, 0.2) is 0 Å². The van der Waals surface area contributed by atoms with E-state index in [4.69, 9.17) is 9.84 Å². The van der Waals surface area contributed by atoms with Gasteiger partial charge >= 0.3 is 0 Å². The van der Waals surface area contributed by atoms with Crippen LogP contribution in [-0.2, 0) is 4.74 Å². The maximum absolute atomic E-state index is 8.40. The van der Waals surface area contributed by atoms with E-state index in [0.29, 0.717) is 6.61 Å². The first-order valence-electron chi connectivity index (χ1n) is 2.64. The topological polar surface area (TPSA) is 29.5 Å². The van der Waals surface area contributed by atoms with Crippen molar-refractivity contribution in [3.05, 3.63) is 12.7 Å². The molecule has 0 aliphatic carbocycles. The zero-order chi connectivity index (χ0) is 6.41. The highest BCUT2D eigenvalue weighted by molar-refractivity contribution is 4.64. The summed E-state index contributed by atoms with van der Waals surface area (Å²) in [6.45, 7) is 5.86. The molecule has 0 bridgehead atoms. The molecule has 2 heteroatoms. The monoisotopic (exact) mass is 116 g/mol. The van der Waals surface area contributed by atoms with E-state index in [-0.39, 0.29) is 12.7 Å². The second-order valence-electron chi connectivity index (χ2n) is 1.62. The highest BCUT2D eigenvalue weighted by atomic mass is 16.5. The number of aliphatic hydroxyl groups is 1. The maximum Gasteiger partial charge on any atom is 0.0781 e. The molecular formula is C6H12O2. The van der Waals surface area contributed by atoms with Crippen LogP contribution in [0, 0.1) is 0 Å². The summed E-state index contributed by atoms with van der Waals surface area (Å²) in [7, 11) is 0. The molecule has 0 rings (SSSR count). The Labute approximate surface area is 49.8 Å². The molecule has 1 N–H and O–H groups in total. The molecule has 0 amide bonds. The molecule has 0 fully saturated rings. The van der Waals surface area contributed by atoms with Gasteiger partial charge in [0.1, 0.15) is 0 Å². The quantitative estimate of drug-likeness (QED) is 0.544. The van der Waals surface area contributed by atoms with Gasteiger partial charge in [0, 0.05) is 0 Å². The van der Waals surface area contributed by atoms with Crippen molar-refractivity contribution < 1.29 is 9.84 Å². The van der Waals surface area contributed by atoms with Crippen molar-refractivity contribution in [2.45, 2.75) is 13.0 Å². The van der Waals surface area contributed by atoms with E-state index < -0.39 is 0 Å². The third kappa shape index (κ3) is 3.84. The van der Waals surface area contributed by atoms with Gasteiger partial charge in [0.2, 0.25) is 0 Å². The summed E-state index contributed by atoms with van der Waals surface area (Å²) in [6, 6.07) is 0. The first kappa shape index (κ1) is 7.66. The summed E-state index contributed by atoms with van der Waals surface area (Å²) < 4.78 is 4.97. The maximum atomic E-state index is 8.40. The number of aliphatic hydroxyl groups excluding tert-OH is 1. The Morgan fingerprint density at radius 1 is 1.88 bits per heavy atom. The fourth-order valence-electron chi connectivity index (χ4n) is 0.285. The van der Waals surface area contributed by atoms with Crippen LogP contribution in [0.25, 0.3) is 0 Å². The molecule has 0 radical (unpaired) electrons. The Morgan fingerprint density at radius 2 is 2.50 bits per heavy atom. The predicted molar refractivity (Wildman–Crippen MR) is 32.7 cm³/mol. The van der Waals surface area contributed by atoms with E-state index in [1.807, 2.05) is 6.92 Å². The average molecular weight is 116 g/mol. The van der Waals surface area contributed by atoms with Gasteiger partial charge in [0.25, 0.3) is 0 Å². The lowest BCUT2D eigenvalue weighted by Crippen LogP contribution is -2.12. The van der Waals surface area contributed by atoms with Gasteiger partial charge in [-0.2, -0.15) is 0 Å². The molecule has 0 heterocycles. The Hall–Kier alpha value is -0.340. The first-order chi connectivity index (χ1) is 3.81. The van der Waals surface area contributed by atoms with Crippen LogP contribution in [0.2, 0.25) is 0 Å². The Kier molecular flexibility index (Phi) is 4.61. The molecule has 0 aliphatic heterocycles. The molecule has 0 aliphatic rings. The van der Waals surface area contributed by atoms with Crippen molar-refractivity contribution in [2.75, 3.05) is 13.2 Å². The molecule has 0 spiro atoms. The lowest BCUT2D eigenvalue weighted by Gasteiger charge is -2.05. The van der Waals surface area contributed by atoms with E-state index in [1.54, 1.807) is 6.08 Å². The molecular weight excluding hydrogens is 104 g/mol. The van der Waals surface area contributed by atoms with Crippen molar-refractivity contribution in [1.82, 2.24) is 0 Å². The van der Waals surface area contributed by atoms with Crippen LogP contribution in [0.5, 0.6) is 0 Å². The fraction of sp³-hybridized carbons (Fsp3) is 0.667. The van der Waals surface area contributed by atoms with Gasteiger partial charge in [-0.15, -0.1) is 6.58 Å². The van der Waals surface area contributed by atoms with Crippen LogP contribution < -0.4 is 0 Å². The van der Waals surface area contributed by atoms with E-state index in [9.17, 15) is 0 Å². The van der Waals surface area contributed by atoms with Crippen LogP contribution in [0.1, 0.15) is 6.92 Å². The van der Waals surface area contributed by atoms with Gasteiger partial charge in [0.05, 0.1) is 19.3 Å². The lowest BCUT2D eigenvalue weighted by molar-refractivity contribution is 0.0413. The molecule has 8 heavy (non-hydrogen) atoms. The molecule has 1 unspecified atom stereocenters. The van der Waals surface area contributed by atoms with Gasteiger partial charge in [-0.05, 0) is 6.92 Å². The summed E-state index contributed by atoms with van der Waals surface area (Å²) >= 11 is 0. The van der Waals surface area contributed by atoms with Gasteiger partial charge < -0.3 is 9.84 Å². The standard InChI is InChI=1S/C6H12O2/c1-3-4-8-6(2)5-7/h3,6-7H,1,4-5H2,2H3. The smallest absolute Gasteiger partial charge is 0.0781 e. The van der Waals surface area contributed by atoms with Crippen LogP contribution in [-0.4, -0.2) is 24.4 Å². The molecule has 1 atom stereocenters. The molecule has 0 aromatic rings. The van der Waals surface area contributed by atoms with Crippen molar-refractivity contribution in [1.29, 1.82) is 0 Å². The third-order valence-corrected chi connectivity index (χ3v) is 0.756. The average Bonchev–Trinajstić information content (AvgIpc) is 1.83. The summed E-state index contributed by atoms with van der Waals surface area (Å²) in [5.74, 6) is 0. The van der Waals surface area contributed by atoms with E-state index in [2.05, 4.69) is 6.58 Å². The van der Waals surface area contributed by atoms with Gasteiger partial charge in [-0.25, -0.2) is 0 Å². The Balaban J connectivity index is 2.97. The van der Waals surface area contributed by atoms with Crippen LogP contribution in [0.4, 0.5) is 0 Å². The minimum atomic E-state index is -0.0620. The first-order valence-corrected chi connectivity index (χ1v) is 2.64. The lowest BCUT2D eigenvalue weighted by atomic mass is 10.4. The molecule has 0 saturated heterocycles. The largest absolute Gasteiger partial charge is 0.394 e. The van der Waals surface area contributed by atoms with Crippen molar-refractivity contribution in [2.24, 2.45) is 0 Å². The minimum absolute atomic E-state index is 0.0620. The summed E-state index contributed by atoms with van der Waals surface area (Å²) in [5, 5.41) is 8.40. The second kappa shape index (κ2) is 4.81. The highest BCUT2D eigenvalue weighted by Gasteiger charge is 1.94. The van der Waals surface area contributed by atoms with Crippen molar-refractivity contribution in [3.63, 3.8) is 0 Å². The SMILES string of the molecule is C=CCOC(C)CO. The molecule has 0 aromatic carbocycles. The number of hydrogen-bond acceptors (Lipinski definition) is 2. The second-order valence-corrected chi connectivity index (χ2v) is 1.62. The third-order valence-electron chi connectivity index (χ3n) is 0.756. The number of rotatable bonds is 4. The van der Waals surface area contributed by atoms with E-state index in [0.717, 1.165) is 0 Å². The molecule has 0 saturated carbocycles. The van der Waals surface area contributed by atoms with Gasteiger partial charge in [-0.1, -0.05) is 6.08 Å². The fourth-order valence-corrected chi connectivity index (χ4v) is 0.285. The predicted octanol–water partition coefficient (Wildman–Crippen LogP) is 0.570. The normalized spacial score (nSPS) is 13.2. The number of hydrogen-bond donors (Lipinski definition) is 1. The Bertz CT molecular complexity index is 61.5. The van der Waals surface area contributed by atoms with Crippen molar-refractivity contribution in [3.8, 4) is 0 Å². The molecule has 2 nitrogen and oxygen atoms in total. The van der Waals surface area contributed by atoms with Crippen molar-refractivity contribution >= 4 is 0 Å². The van der Waals surface area contributed by atoms with Crippen LogP contribution in [0.3, 0.4) is 0 Å². The van der Waals surface area contributed by atoms with Crippen LogP contribution in [0.15, 0.2) is 12.7 Å². The summed E-state index contributed by atoms with van der Waals surface area (Å²) in [6.07, 6.45) is 1.60. The number of ether oxygens (including phenoxy) is 1. The minimum Gasteiger partial charge on any atom is -0.394 e. The van der Waals surface area contributed by atoms with E-state index in [1.165, 1.54) is 0 Å². The Morgan fingerprint density at radius 3 is 2.88 bits per heavy atom. The zero-order valence-electron chi connectivity index (χ0n) is 5.13. The molecule has 48 valence electrons. The molecule has 0 aromatic heterocycles.